The standard InChI is InChI=1S/C34H30N2O2/c1-22-12-16-24(17-13-22)27-20-29-32(31(37)21-27)33(25-18-14-23(2)15-19-25)36(30-11-7-6-10-28(30)35-29)34(38)26-8-4-3-5-9-26/h3-19,27,33,35H,20-21H2,1-2H3/t27-,33-/m0/s1. The molecule has 0 saturated carbocycles. The largest absolute Gasteiger partial charge is 0.357 e. The number of allylic oxidation sites excluding steroid dienone is 1. The first-order chi connectivity index (χ1) is 18.5. The Morgan fingerprint density at radius 1 is 0.737 bits per heavy atom. The van der Waals surface area contributed by atoms with E-state index in [4.69, 9.17) is 0 Å². The average Bonchev–Trinajstić information content (AvgIpc) is 3.08. The van der Waals surface area contributed by atoms with E-state index in [-0.39, 0.29) is 17.6 Å². The van der Waals surface area contributed by atoms with Gasteiger partial charge >= 0.3 is 0 Å². The minimum Gasteiger partial charge on any atom is -0.357 e. The number of nitrogens with one attached hydrogen (secondary N) is 1. The molecule has 0 bridgehead atoms. The number of hydrogen-bond donors (Lipinski definition) is 1. The fourth-order valence-corrected chi connectivity index (χ4v) is 5.67. The van der Waals surface area contributed by atoms with Crippen molar-refractivity contribution in [3.8, 4) is 0 Å². The molecule has 4 nitrogen and oxygen atoms in total. The van der Waals surface area contributed by atoms with E-state index >= 15 is 0 Å². The summed E-state index contributed by atoms with van der Waals surface area (Å²) in [4.78, 5) is 30.1. The third-order valence-corrected chi connectivity index (χ3v) is 7.67. The van der Waals surface area contributed by atoms with Crippen molar-refractivity contribution >= 4 is 23.1 Å². The van der Waals surface area contributed by atoms with Gasteiger partial charge in [-0.25, -0.2) is 0 Å². The molecule has 1 heterocycles. The Morgan fingerprint density at radius 2 is 1.34 bits per heavy atom. The van der Waals surface area contributed by atoms with Gasteiger partial charge in [-0.05, 0) is 61.6 Å². The number of nitrogens with zero attached hydrogens (tertiary/aromatic N) is 1. The summed E-state index contributed by atoms with van der Waals surface area (Å²) >= 11 is 0. The van der Waals surface area contributed by atoms with Crippen LogP contribution in [-0.4, -0.2) is 11.7 Å². The summed E-state index contributed by atoms with van der Waals surface area (Å²) in [5, 5.41) is 3.62. The molecular formula is C34H30N2O2. The normalized spacial score (nSPS) is 18.8. The molecule has 2 aliphatic rings. The van der Waals surface area contributed by atoms with Crippen LogP contribution in [-0.2, 0) is 4.79 Å². The number of carbonyl (C=O) groups is 2. The summed E-state index contributed by atoms with van der Waals surface area (Å²) in [7, 11) is 0. The van der Waals surface area contributed by atoms with Gasteiger partial charge in [0.2, 0.25) is 0 Å². The van der Waals surface area contributed by atoms with E-state index in [9.17, 15) is 9.59 Å². The number of rotatable bonds is 3. The number of amides is 1. The molecule has 1 aliphatic heterocycles. The number of para-hydroxylation sites is 2. The number of anilines is 2. The molecule has 0 aromatic heterocycles. The van der Waals surface area contributed by atoms with Crippen LogP contribution >= 0.6 is 0 Å². The summed E-state index contributed by atoms with van der Waals surface area (Å²) in [6.07, 6.45) is 1.11. The third-order valence-electron chi connectivity index (χ3n) is 7.67. The van der Waals surface area contributed by atoms with Crippen molar-refractivity contribution in [2.45, 2.75) is 38.6 Å². The van der Waals surface area contributed by atoms with Gasteiger partial charge in [-0.2, -0.15) is 0 Å². The van der Waals surface area contributed by atoms with Crippen LogP contribution < -0.4 is 10.2 Å². The highest BCUT2D eigenvalue weighted by molar-refractivity contribution is 6.12. The van der Waals surface area contributed by atoms with Gasteiger partial charge in [-0.1, -0.05) is 90.0 Å². The minimum absolute atomic E-state index is 0.0774. The molecule has 38 heavy (non-hydrogen) atoms. The van der Waals surface area contributed by atoms with Crippen LogP contribution in [0, 0.1) is 13.8 Å². The molecule has 1 amide bonds. The first kappa shape index (κ1) is 23.9. The molecule has 4 heteroatoms. The lowest BCUT2D eigenvalue weighted by molar-refractivity contribution is -0.116. The van der Waals surface area contributed by atoms with Crippen LogP contribution in [0.4, 0.5) is 11.4 Å². The van der Waals surface area contributed by atoms with Gasteiger partial charge in [0.25, 0.3) is 5.91 Å². The molecule has 0 unspecified atom stereocenters. The molecule has 1 aliphatic carbocycles. The maximum absolute atomic E-state index is 14.2. The maximum Gasteiger partial charge on any atom is 0.259 e. The lowest BCUT2D eigenvalue weighted by Gasteiger charge is -2.35. The molecule has 0 spiro atoms. The summed E-state index contributed by atoms with van der Waals surface area (Å²) in [5.74, 6) is 0.0257. The van der Waals surface area contributed by atoms with E-state index in [1.54, 1.807) is 0 Å². The lowest BCUT2D eigenvalue weighted by Crippen LogP contribution is -2.38. The van der Waals surface area contributed by atoms with Gasteiger partial charge in [-0.3, -0.25) is 14.5 Å². The number of hydrogen-bond acceptors (Lipinski definition) is 3. The van der Waals surface area contributed by atoms with Gasteiger partial charge in [0.05, 0.1) is 17.4 Å². The van der Waals surface area contributed by atoms with E-state index in [1.165, 1.54) is 11.1 Å². The monoisotopic (exact) mass is 498 g/mol. The minimum atomic E-state index is -0.541. The van der Waals surface area contributed by atoms with Gasteiger partial charge < -0.3 is 5.32 Å². The van der Waals surface area contributed by atoms with E-state index in [0.717, 1.165) is 28.2 Å². The number of carbonyl (C=O) groups excluding carboxylic acids is 2. The fraction of sp³-hybridized carbons (Fsp3) is 0.176. The number of aryl methyl sites for hydroxylation is 2. The molecule has 0 radical (unpaired) electrons. The van der Waals surface area contributed by atoms with E-state index in [2.05, 4.69) is 36.5 Å². The Bertz CT molecular complexity index is 1540. The number of benzene rings is 4. The van der Waals surface area contributed by atoms with Gasteiger partial charge in [0.15, 0.2) is 5.78 Å². The number of ketones is 1. The molecule has 4 aromatic rings. The Labute approximate surface area is 223 Å². The second kappa shape index (κ2) is 9.79. The highest BCUT2D eigenvalue weighted by atomic mass is 16.2. The second-order valence-corrected chi connectivity index (χ2v) is 10.3. The first-order valence-corrected chi connectivity index (χ1v) is 13.1. The van der Waals surface area contributed by atoms with Gasteiger partial charge in [0.1, 0.15) is 0 Å². The van der Waals surface area contributed by atoms with Crippen LogP contribution in [0.25, 0.3) is 0 Å². The van der Waals surface area contributed by atoms with Crippen LogP contribution in [0.2, 0.25) is 0 Å². The molecular weight excluding hydrogens is 468 g/mol. The number of Topliss-reactive ketones (excluding diaryl/α,β-unsaturated/α-hetero) is 1. The van der Waals surface area contributed by atoms with Gasteiger partial charge in [-0.15, -0.1) is 0 Å². The summed E-state index contributed by atoms with van der Waals surface area (Å²) in [6.45, 7) is 4.12. The summed E-state index contributed by atoms with van der Waals surface area (Å²) in [5.41, 5.74) is 8.18. The lowest BCUT2D eigenvalue weighted by atomic mass is 9.78. The predicted octanol–water partition coefficient (Wildman–Crippen LogP) is 7.52. The summed E-state index contributed by atoms with van der Waals surface area (Å²) in [6, 6.07) is 33.3. The van der Waals surface area contributed by atoms with Crippen molar-refractivity contribution in [2.75, 3.05) is 10.2 Å². The molecule has 2 atom stereocenters. The highest BCUT2D eigenvalue weighted by Gasteiger charge is 2.41. The van der Waals surface area contributed by atoms with E-state index < -0.39 is 6.04 Å². The molecule has 0 fully saturated rings. The van der Waals surface area contributed by atoms with Crippen molar-refractivity contribution in [3.05, 3.63) is 142 Å². The average molecular weight is 499 g/mol. The topological polar surface area (TPSA) is 49.4 Å². The first-order valence-electron chi connectivity index (χ1n) is 13.1. The van der Waals surface area contributed by atoms with Crippen LogP contribution in [0.5, 0.6) is 0 Å². The molecule has 4 aromatic carbocycles. The van der Waals surface area contributed by atoms with Crippen molar-refractivity contribution in [2.24, 2.45) is 0 Å². The van der Waals surface area contributed by atoms with Crippen LogP contribution in [0.1, 0.15) is 57.4 Å². The predicted molar refractivity (Wildman–Crippen MR) is 152 cm³/mol. The SMILES string of the molecule is Cc1ccc([C@@H]2CC(=O)C3=C(C2)Nc2ccccc2N(C(=O)c2ccccc2)[C@H]3c2ccc(C)cc2)cc1. The second-order valence-electron chi connectivity index (χ2n) is 10.3. The molecule has 0 saturated heterocycles. The van der Waals surface area contributed by atoms with Gasteiger partial charge in [0, 0.05) is 23.3 Å². The van der Waals surface area contributed by atoms with E-state index in [0.29, 0.717) is 24.0 Å². The Kier molecular flexibility index (Phi) is 6.16. The highest BCUT2D eigenvalue weighted by Crippen LogP contribution is 2.47. The third kappa shape index (κ3) is 4.32. The van der Waals surface area contributed by atoms with Crippen molar-refractivity contribution in [3.63, 3.8) is 0 Å². The van der Waals surface area contributed by atoms with Crippen molar-refractivity contribution < 1.29 is 9.59 Å². The van der Waals surface area contributed by atoms with Crippen LogP contribution in [0.3, 0.4) is 0 Å². The van der Waals surface area contributed by atoms with Crippen molar-refractivity contribution in [1.82, 2.24) is 0 Å². The number of fused-ring (bicyclic) bond motifs is 1. The zero-order chi connectivity index (χ0) is 26.2. The smallest absolute Gasteiger partial charge is 0.259 e. The van der Waals surface area contributed by atoms with Crippen molar-refractivity contribution in [1.29, 1.82) is 0 Å². The molecule has 188 valence electrons. The quantitative estimate of drug-likeness (QED) is 0.318. The summed E-state index contributed by atoms with van der Waals surface area (Å²) < 4.78 is 0. The van der Waals surface area contributed by atoms with Crippen LogP contribution in [0.15, 0.2) is 114 Å². The Hall–Kier alpha value is -4.44. The maximum atomic E-state index is 14.2. The molecule has 6 rings (SSSR count). The Morgan fingerprint density at radius 3 is 2.03 bits per heavy atom. The zero-order valence-corrected chi connectivity index (χ0v) is 21.6. The Balaban J connectivity index is 1.55. The van der Waals surface area contributed by atoms with E-state index in [1.807, 2.05) is 90.7 Å². The fourth-order valence-electron chi connectivity index (χ4n) is 5.67. The molecule has 1 N–H and O–H groups in total. The zero-order valence-electron chi connectivity index (χ0n) is 21.6.